The Morgan fingerprint density at radius 1 is 1.38 bits per heavy atom. The fourth-order valence-electron chi connectivity index (χ4n) is 2.29. The molecule has 1 aromatic carbocycles. The van der Waals surface area contributed by atoms with Gasteiger partial charge in [-0.2, -0.15) is 0 Å². The summed E-state index contributed by atoms with van der Waals surface area (Å²) in [5, 5.41) is 6.26. The molecule has 24 heavy (non-hydrogen) atoms. The highest BCUT2D eigenvalue weighted by molar-refractivity contribution is 7.09. The van der Waals surface area contributed by atoms with Crippen molar-refractivity contribution in [3.05, 3.63) is 51.5 Å². The second-order valence-corrected chi connectivity index (χ2v) is 6.47. The number of nitrogens with zero attached hydrogens (tertiary/aromatic N) is 3. The summed E-state index contributed by atoms with van der Waals surface area (Å²) in [5.41, 5.74) is 1.33. The van der Waals surface area contributed by atoms with Gasteiger partial charge in [0, 0.05) is 25.5 Å². The second kappa shape index (κ2) is 8.73. The predicted molar refractivity (Wildman–Crippen MR) is 94.4 cm³/mol. The van der Waals surface area contributed by atoms with Crippen molar-refractivity contribution in [2.75, 3.05) is 20.1 Å². The van der Waals surface area contributed by atoms with E-state index < -0.39 is 11.6 Å². The van der Waals surface area contributed by atoms with Gasteiger partial charge in [0.25, 0.3) is 0 Å². The summed E-state index contributed by atoms with van der Waals surface area (Å²) in [5.74, 6) is -0.886. The van der Waals surface area contributed by atoms with Crippen molar-refractivity contribution < 1.29 is 8.78 Å². The molecule has 1 aromatic heterocycles. The lowest BCUT2D eigenvalue weighted by atomic mass is 10.1. The Hall–Kier alpha value is -2.02. The van der Waals surface area contributed by atoms with Gasteiger partial charge in [-0.3, -0.25) is 4.99 Å². The number of aryl methyl sites for hydroxylation is 1. The van der Waals surface area contributed by atoms with Gasteiger partial charge in [-0.15, -0.1) is 11.3 Å². The van der Waals surface area contributed by atoms with Gasteiger partial charge in [-0.25, -0.2) is 13.8 Å². The molecule has 1 heterocycles. The summed E-state index contributed by atoms with van der Waals surface area (Å²) < 4.78 is 26.9. The van der Waals surface area contributed by atoms with Gasteiger partial charge in [0.1, 0.15) is 0 Å². The summed E-state index contributed by atoms with van der Waals surface area (Å²) >= 11 is 1.61. The fraction of sp³-hybridized carbons (Fsp3) is 0.412. The SMILES string of the molecule is CCNC(=NCCc1cccc(F)c1F)N(C)Cc1csc(C)n1. The molecule has 0 unspecified atom stereocenters. The maximum Gasteiger partial charge on any atom is 0.194 e. The maximum atomic E-state index is 13.7. The molecule has 0 spiro atoms. The van der Waals surface area contributed by atoms with E-state index in [0.29, 0.717) is 25.1 Å². The number of hydrogen-bond acceptors (Lipinski definition) is 3. The van der Waals surface area contributed by atoms with E-state index in [2.05, 4.69) is 15.3 Å². The lowest BCUT2D eigenvalue weighted by Gasteiger charge is -2.21. The molecule has 0 amide bonds. The second-order valence-electron chi connectivity index (χ2n) is 5.41. The first-order chi connectivity index (χ1) is 11.5. The first-order valence-corrected chi connectivity index (χ1v) is 8.72. The van der Waals surface area contributed by atoms with E-state index in [4.69, 9.17) is 0 Å². The lowest BCUT2D eigenvalue weighted by Crippen LogP contribution is -2.38. The number of halogens is 2. The van der Waals surface area contributed by atoms with Gasteiger partial charge in [0.15, 0.2) is 17.6 Å². The molecule has 0 aliphatic carbocycles. The Morgan fingerprint density at radius 2 is 2.17 bits per heavy atom. The van der Waals surface area contributed by atoms with Gasteiger partial charge in [-0.1, -0.05) is 12.1 Å². The molecule has 0 bridgehead atoms. The summed E-state index contributed by atoms with van der Waals surface area (Å²) in [6, 6.07) is 4.22. The van der Waals surface area contributed by atoms with Gasteiger partial charge in [0.05, 0.1) is 17.2 Å². The van der Waals surface area contributed by atoms with E-state index in [1.807, 2.05) is 31.2 Å². The van der Waals surface area contributed by atoms with Crippen LogP contribution in [0.25, 0.3) is 0 Å². The summed E-state index contributed by atoms with van der Waals surface area (Å²) in [7, 11) is 1.93. The number of nitrogens with one attached hydrogen (secondary N) is 1. The largest absolute Gasteiger partial charge is 0.357 e. The average Bonchev–Trinajstić information content (AvgIpc) is 2.95. The zero-order chi connectivity index (χ0) is 17.5. The molecule has 0 radical (unpaired) electrons. The Labute approximate surface area is 145 Å². The van der Waals surface area contributed by atoms with Crippen molar-refractivity contribution in [3.63, 3.8) is 0 Å². The van der Waals surface area contributed by atoms with Crippen LogP contribution < -0.4 is 5.32 Å². The fourth-order valence-corrected chi connectivity index (χ4v) is 2.90. The molecule has 0 aliphatic rings. The summed E-state index contributed by atoms with van der Waals surface area (Å²) in [6.45, 7) is 5.71. The Bertz CT molecular complexity index is 700. The standard InChI is InChI=1S/C17H22F2N4S/c1-4-20-17(23(3)10-14-11-24-12(2)22-14)21-9-8-13-6-5-7-15(18)16(13)19/h5-7,11H,4,8-10H2,1-3H3,(H,20,21). The summed E-state index contributed by atoms with van der Waals surface area (Å²) in [6.07, 6.45) is 0.349. The smallest absolute Gasteiger partial charge is 0.194 e. The molecule has 2 rings (SSSR count). The predicted octanol–water partition coefficient (Wildman–Crippen LogP) is 3.37. The maximum absolute atomic E-state index is 13.7. The van der Waals surface area contributed by atoms with E-state index in [1.165, 1.54) is 6.07 Å². The number of thiazole rings is 1. The molecule has 2 aromatic rings. The van der Waals surface area contributed by atoms with Gasteiger partial charge in [0.2, 0.25) is 0 Å². The first-order valence-electron chi connectivity index (χ1n) is 7.84. The quantitative estimate of drug-likeness (QED) is 0.640. The summed E-state index contributed by atoms with van der Waals surface area (Å²) in [4.78, 5) is 10.9. The van der Waals surface area contributed by atoms with Crippen LogP contribution in [0.4, 0.5) is 8.78 Å². The van der Waals surface area contributed by atoms with E-state index in [9.17, 15) is 8.78 Å². The normalized spacial score (nSPS) is 11.6. The highest BCUT2D eigenvalue weighted by Gasteiger charge is 2.10. The molecule has 0 saturated carbocycles. The molecule has 0 saturated heterocycles. The number of hydrogen-bond donors (Lipinski definition) is 1. The zero-order valence-electron chi connectivity index (χ0n) is 14.1. The average molecular weight is 352 g/mol. The van der Waals surface area contributed by atoms with Crippen molar-refractivity contribution in [2.24, 2.45) is 4.99 Å². The Morgan fingerprint density at radius 3 is 2.83 bits per heavy atom. The van der Waals surface area contributed by atoms with Gasteiger partial charge < -0.3 is 10.2 Å². The third-order valence-electron chi connectivity index (χ3n) is 3.44. The van der Waals surface area contributed by atoms with Crippen molar-refractivity contribution in [1.29, 1.82) is 0 Å². The molecule has 1 N–H and O–H groups in total. The number of aromatic nitrogens is 1. The zero-order valence-corrected chi connectivity index (χ0v) is 15.0. The molecule has 130 valence electrons. The number of benzene rings is 1. The molecule has 0 fully saturated rings. The van der Waals surface area contributed by atoms with E-state index in [1.54, 1.807) is 17.4 Å². The van der Waals surface area contributed by atoms with E-state index >= 15 is 0 Å². The minimum Gasteiger partial charge on any atom is -0.357 e. The van der Waals surface area contributed by atoms with Crippen molar-refractivity contribution >= 4 is 17.3 Å². The van der Waals surface area contributed by atoms with Gasteiger partial charge in [-0.05, 0) is 31.9 Å². The number of aliphatic imine (C=N–C) groups is 1. The van der Waals surface area contributed by atoms with Crippen LogP contribution in [-0.4, -0.2) is 36.0 Å². The van der Waals surface area contributed by atoms with Crippen LogP contribution >= 0.6 is 11.3 Å². The van der Waals surface area contributed by atoms with Crippen LogP contribution in [0.5, 0.6) is 0 Å². The van der Waals surface area contributed by atoms with Crippen LogP contribution in [-0.2, 0) is 13.0 Å². The topological polar surface area (TPSA) is 40.5 Å². The van der Waals surface area contributed by atoms with Crippen LogP contribution in [0.3, 0.4) is 0 Å². The Kier molecular flexibility index (Phi) is 6.66. The van der Waals surface area contributed by atoms with E-state index in [-0.39, 0.29) is 0 Å². The van der Waals surface area contributed by atoms with Crippen LogP contribution in [0.15, 0.2) is 28.6 Å². The first kappa shape index (κ1) is 18.3. The van der Waals surface area contributed by atoms with Crippen molar-refractivity contribution in [2.45, 2.75) is 26.8 Å². The van der Waals surface area contributed by atoms with Crippen LogP contribution in [0.1, 0.15) is 23.2 Å². The van der Waals surface area contributed by atoms with Crippen molar-refractivity contribution in [1.82, 2.24) is 15.2 Å². The minimum absolute atomic E-state index is 0.340. The van der Waals surface area contributed by atoms with Crippen LogP contribution in [0.2, 0.25) is 0 Å². The third kappa shape index (κ3) is 4.99. The van der Waals surface area contributed by atoms with Crippen molar-refractivity contribution in [3.8, 4) is 0 Å². The minimum atomic E-state index is -0.820. The van der Waals surface area contributed by atoms with Crippen LogP contribution in [0, 0.1) is 18.6 Å². The number of rotatable bonds is 6. The monoisotopic (exact) mass is 352 g/mol. The number of guanidine groups is 1. The lowest BCUT2D eigenvalue weighted by molar-refractivity contribution is 0.470. The molecule has 4 nitrogen and oxygen atoms in total. The highest BCUT2D eigenvalue weighted by atomic mass is 32.1. The molecule has 7 heteroatoms. The molecular formula is C17H22F2N4S. The molecular weight excluding hydrogens is 330 g/mol. The third-order valence-corrected chi connectivity index (χ3v) is 4.26. The highest BCUT2D eigenvalue weighted by Crippen LogP contribution is 2.12. The Balaban J connectivity index is 2.00. The molecule has 0 aliphatic heterocycles. The van der Waals surface area contributed by atoms with E-state index in [0.717, 1.165) is 29.3 Å². The molecule has 0 atom stereocenters. The van der Waals surface area contributed by atoms with Gasteiger partial charge >= 0.3 is 0 Å².